The molecule has 0 spiro atoms. The van der Waals surface area contributed by atoms with E-state index in [1.807, 2.05) is 44.4 Å². The van der Waals surface area contributed by atoms with Crippen molar-refractivity contribution in [1.82, 2.24) is 20.9 Å². The van der Waals surface area contributed by atoms with E-state index in [2.05, 4.69) is 20.9 Å². The second kappa shape index (κ2) is 15.9. The quantitative estimate of drug-likeness (QED) is 0.144. The summed E-state index contributed by atoms with van der Waals surface area (Å²) in [5.41, 5.74) is 7.48. The summed E-state index contributed by atoms with van der Waals surface area (Å²) in [4.78, 5) is 65.5. The number of aromatic nitrogens is 1. The molecule has 0 aliphatic heterocycles. The fourth-order valence-electron chi connectivity index (χ4n) is 4.20. The van der Waals surface area contributed by atoms with Crippen LogP contribution in [0, 0.1) is 5.92 Å². The van der Waals surface area contributed by atoms with Gasteiger partial charge in [0.1, 0.15) is 18.1 Å². The number of carbonyl (C=O) groups is 5. The number of para-hydroxylation sites is 1. The zero-order chi connectivity index (χ0) is 29.8. The first-order valence-corrected chi connectivity index (χ1v) is 14.5. The number of thioether (sulfide) groups is 1. The van der Waals surface area contributed by atoms with Gasteiger partial charge < -0.3 is 36.9 Å². The Morgan fingerprint density at radius 2 is 1.55 bits per heavy atom. The predicted molar refractivity (Wildman–Crippen MR) is 153 cm³/mol. The van der Waals surface area contributed by atoms with E-state index in [9.17, 15) is 34.2 Å². The van der Waals surface area contributed by atoms with Crippen LogP contribution >= 0.6 is 11.8 Å². The van der Waals surface area contributed by atoms with Gasteiger partial charge in [-0.15, -0.1) is 0 Å². The summed E-state index contributed by atoms with van der Waals surface area (Å²) in [6.07, 6.45) is 3.44. The number of H-pyrrole nitrogens is 1. The van der Waals surface area contributed by atoms with E-state index in [1.54, 1.807) is 6.20 Å². The van der Waals surface area contributed by atoms with E-state index in [4.69, 9.17) is 5.73 Å². The molecule has 8 N–H and O–H groups in total. The molecule has 3 amide bonds. The first-order valence-electron chi connectivity index (χ1n) is 13.1. The monoisotopic (exact) mass is 577 g/mol. The molecular formula is C27H39N5O7S. The van der Waals surface area contributed by atoms with Crippen molar-refractivity contribution in [3.05, 3.63) is 36.0 Å². The topological polar surface area (TPSA) is 204 Å². The van der Waals surface area contributed by atoms with Crippen molar-refractivity contribution in [2.24, 2.45) is 11.7 Å². The number of nitrogens with two attached hydrogens (primary N) is 1. The van der Waals surface area contributed by atoms with Crippen LogP contribution in [0.4, 0.5) is 0 Å². The average Bonchev–Trinajstić information content (AvgIpc) is 3.30. The van der Waals surface area contributed by atoms with Crippen molar-refractivity contribution in [3.8, 4) is 0 Å². The van der Waals surface area contributed by atoms with E-state index >= 15 is 0 Å². The van der Waals surface area contributed by atoms with Crippen LogP contribution in [0.15, 0.2) is 30.5 Å². The summed E-state index contributed by atoms with van der Waals surface area (Å²) in [5, 5.41) is 27.2. The van der Waals surface area contributed by atoms with E-state index in [1.165, 1.54) is 11.8 Å². The lowest BCUT2D eigenvalue weighted by Gasteiger charge is -2.25. The number of carboxylic acids is 2. The molecule has 1 heterocycles. The highest BCUT2D eigenvalue weighted by molar-refractivity contribution is 7.98. The van der Waals surface area contributed by atoms with Crippen LogP contribution in [0.5, 0.6) is 0 Å². The summed E-state index contributed by atoms with van der Waals surface area (Å²) < 4.78 is 0. The first kappa shape index (κ1) is 32.6. The molecule has 0 fully saturated rings. The highest BCUT2D eigenvalue weighted by Gasteiger charge is 2.31. The van der Waals surface area contributed by atoms with Gasteiger partial charge in [-0.25, -0.2) is 4.79 Å². The molecule has 0 bridgehead atoms. The van der Waals surface area contributed by atoms with E-state index in [0.29, 0.717) is 17.7 Å². The number of hydrogen-bond acceptors (Lipinski definition) is 7. The molecule has 4 atom stereocenters. The van der Waals surface area contributed by atoms with Gasteiger partial charge >= 0.3 is 11.9 Å². The van der Waals surface area contributed by atoms with Crippen molar-refractivity contribution < 1.29 is 34.2 Å². The average molecular weight is 578 g/mol. The second-order valence-corrected chi connectivity index (χ2v) is 11.0. The number of aliphatic carboxylic acids is 2. The molecule has 0 aliphatic rings. The van der Waals surface area contributed by atoms with E-state index in [-0.39, 0.29) is 25.2 Å². The fourth-order valence-corrected chi connectivity index (χ4v) is 4.67. The summed E-state index contributed by atoms with van der Waals surface area (Å²) >= 11 is 1.43. The minimum atomic E-state index is -1.27. The minimum Gasteiger partial charge on any atom is -0.481 e. The highest BCUT2D eigenvalue weighted by atomic mass is 32.2. The number of rotatable bonds is 17. The highest BCUT2D eigenvalue weighted by Crippen LogP contribution is 2.19. The van der Waals surface area contributed by atoms with Crippen molar-refractivity contribution in [1.29, 1.82) is 0 Å². The van der Waals surface area contributed by atoms with Crippen molar-refractivity contribution in [2.45, 2.75) is 70.1 Å². The molecule has 2 aromatic rings. The molecule has 4 unspecified atom stereocenters. The van der Waals surface area contributed by atoms with Crippen LogP contribution in [0.1, 0.15) is 45.1 Å². The van der Waals surface area contributed by atoms with Crippen molar-refractivity contribution >= 4 is 52.3 Å². The third kappa shape index (κ3) is 10.2. The maximum absolute atomic E-state index is 13.4. The summed E-state index contributed by atoms with van der Waals surface area (Å²) in [6.45, 7) is 3.78. The molecular weight excluding hydrogens is 538 g/mol. The van der Waals surface area contributed by atoms with Crippen LogP contribution < -0.4 is 21.7 Å². The Kier molecular flexibility index (Phi) is 12.9. The van der Waals surface area contributed by atoms with Gasteiger partial charge in [-0.1, -0.05) is 32.0 Å². The van der Waals surface area contributed by atoms with Crippen molar-refractivity contribution in [3.63, 3.8) is 0 Å². The van der Waals surface area contributed by atoms with E-state index < -0.39 is 60.2 Å². The molecule has 12 nitrogen and oxygen atoms in total. The number of benzene rings is 1. The standard InChI is InChI=1S/C27H39N5O7S/c1-15(2)12-18(28)24(35)30-20(8-9-23(33)34)25(36)32-22(26(37)31-21(27(38)39)10-11-40-3)13-16-14-29-19-7-5-4-6-17(16)19/h4-7,14-15,18,20-22,29H,8-13,28H2,1-3H3,(H,30,35)(H,31,37)(H,32,36)(H,33,34)(H,38,39). The van der Waals surface area contributed by atoms with Crippen LogP contribution in [0.2, 0.25) is 0 Å². The SMILES string of the molecule is CSCCC(NC(=O)C(Cc1c[nH]c2ccccc12)NC(=O)C(CCC(=O)O)NC(=O)C(N)CC(C)C)C(=O)O. The number of amides is 3. The lowest BCUT2D eigenvalue weighted by molar-refractivity contribution is -0.142. The number of nitrogens with one attached hydrogen (secondary N) is 4. The molecule has 2 rings (SSSR count). The number of fused-ring (bicyclic) bond motifs is 1. The Balaban J connectivity index is 2.32. The largest absolute Gasteiger partial charge is 0.481 e. The van der Waals surface area contributed by atoms with Gasteiger partial charge in [-0.05, 0) is 48.8 Å². The molecule has 1 aromatic carbocycles. The lowest BCUT2D eigenvalue weighted by Crippen LogP contribution is -2.57. The molecule has 0 saturated heterocycles. The second-order valence-electron chi connectivity index (χ2n) is 10.0. The van der Waals surface area contributed by atoms with Gasteiger partial charge in [-0.3, -0.25) is 19.2 Å². The van der Waals surface area contributed by atoms with Crippen LogP contribution in [0.3, 0.4) is 0 Å². The van der Waals surface area contributed by atoms with Crippen molar-refractivity contribution in [2.75, 3.05) is 12.0 Å². The van der Waals surface area contributed by atoms with Gasteiger partial charge in [0.05, 0.1) is 6.04 Å². The molecule has 1 aromatic heterocycles. The van der Waals surface area contributed by atoms with E-state index in [0.717, 1.165) is 10.9 Å². The molecule has 0 aliphatic carbocycles. The summed E-state index contributed by atoms with van der Waals surface area (Å²) in [6, 6.07) is 2.82. The third-order valence-electron chi connectivity index (χ3n) is 6.30. The number of carboxylic acid groups (broad SMARTS) is 2. The Morgan fingerprint density at radius 3 is 2.17 bits per heavy atom. The van der Waals surface area contributed by atoms with Gasteiger partial charge in [0, 0.05) is 29.9 Å². The summed E-state index contributed by atoms with van der Waals surface area (Å²) in [7, 11) is 0. The maximum atomic E-state index is 13.4. The fraction of sp³-hybridized carbons (Fsp3) is 0.519. The third-order valence-corrected chi connectivity index (χ3v) is 6.94. The zero-order valence-corrected chi connectivity index (χ0v) is 23.8. The Bertz CT molecular complexity index is 1180. The predicted octanol–water partition coefficient (Wildman–Crippen LogP) is 1.24. The van der Waals surface area contributed by atoms with Gasteiger partial charge in [-0.2, -0.15) is 11.8 Å². The lowest BCUT2D eigenvalue weighted by atomic mass is 10.0. The Morgan fingerprint density at radius 1 is 0.925 bits per heavy atom. The smallest absolute Gasteiger partial charge is 0.326 e. The zero-order valence-electron chi connectivity index (χ0n) is 22.9. The minimum absolute atomic E-state index is 0.0168. The molecule has 220 valence electrons. The Labute approximate surface area is 237 Å². The molecule has 13 heteroatoms. The number of carbonyl (C=O) groups excluding carboxylic acids is 3. The molecule has 40 heavy (non-hydrogen) atoms. The molecule has 0 saturated carbocycles. The van der Waals surface area contributed by atoms with Gasteiger partial charge in [0.25, 0.3) is 0 Å². The number of hydrogen-bond donors (Lipinski definition) is 7. The normalized spacial score (nSPS) is 14.2. The Hall–Kier alpha value is -3.58. The van der Waals surface area contributed by atoms with Gasteiger partial charge in [0.2, 0.25) is 17.7 Å². The maximum Gasteiger partial charge on any atom is 0.326 e. The number of aromatic amines is 1. The van der Waals surface area contributed by atoms with Crippen LogP contribution in [-0.2, 0) is 30.4 Å². The molecule has 0 radical (unpaired) electrons. The first-order chi connectivity index (χ1) is 18.9. The summed E-state index contributed by atoms with van der Waals surface area (Å²) in [5.74, 6) is -3.86. The van der Waals surface area contributed by atoms with Crippen LogP contribution in [-0.4, -0.2) is 81.0 Å². The van der Waals surface area contributed by atoms with Crippen LogP contribution in [0.25, 0.3) is 10.9 Å². The van der Waals surface area contributed by atoms with Gasteiger partial charge in [0.15, 0.2) is 0 Å².